The average molecular weight is 401 g/mol. The van der Waals surface area contributed by atoms with Crippen LogP contribution < -0.4 is 11.1 Å². The van der Waals surface area contributed by atoms with Crippen LogP contribution in [0.5, 0.6) is 0 Å². The predicted octanol–water partition coefficient (Wildman–Crippen LogP) is 3.32. The quantitative estimate of drug-likeness (QED) is 0.459. The Balaban J connectivity index is 0.00000200. The lowest BCUT2D eigenvalue weighted by Gasteiger charge is -2.04. The van der Waals surface area contributed by atoms with Gasteiger partial charge in [-0.3, -0.25) is 0 Å². The Kier molecular flexibility index (Phi) is 7.61. The summed E-state index contributed by atoms with van der Waals surface area (Å²) in [4.78, 5) is 5.69. The molecule has 1 heterocycles. The van der Waals surface area contributed by atoms with E-state index in [2.05, 4.69) is 59.0 Å². The molecule has 0 spiro atoms. The first-order valence-electron chi connectivity index (χ1n) is 6.36. The molecule has 0 saturated heterocycles. The lowest BCUT2D eigenvalue weighted by molar-refractivity contribution is 0.857. The molecule has 0 bridgehead atoms. The molecule has 0 atom stereocenters. The zero-order valence-corrected chi connectivity index (χ0v) is 14.7. The summed E-state index contributed by atoms with van der Waals surface area (Å²) in [6.45, 7) is 3.52. The molecule has 5 heteroatoms. The Labute approximate surface area is 141 Å². The van der Waals surface area contributed by atoms with Crippen molar-refractivity contribution < 1.29 is 0 Å². The van der Waals surface area contributed by atoms with Gasteiger partial charge in [-0.15, -0.1) is 35.3 Å². The molecule has 2 aromatic rings. The second-order valence-corrected chi connectivity index (χ2v) is 5.48. The molecule has 0 aliphatic carbocycles. The third kappa shape index (κ3) is 5.92. The van der Waals surface area contributed by atoms with E-state index in [9.17, 15) is 0 Å². The van der Waals surface area contributed by atoms with Gasteiger partial charge in [0, 0.05) is 11.4 Å². The minimum absolute atomic E-state index is 0. The third-order valence-electron chi connectivity index (χ3n) is 2.81. The molecular weight excluding hydrogens is 381 g/mol. The predicted molar refractivity (Wildman–Crippen MR) is 97.9 cm³/mol. The van der Waals surface area contributed by atoms with Gasteiger partial charge in [0.05, 0.1) is 6.54 Å². The van der Waals surface area contributed by atoms with E-state index in [1.807, 2.05) is 0 Å². The molecule has 0 fully saturated rings. The van der Waals surface area contributed by atoms with Crippen LogP contribution in [-0.2, 0) is 13.0 Å². The van der Waals surface area contributed by atoms with Crippen LogP contribution in [-0.4, -0.2) is 12.5 Å². The fourth-order valence-corrected chi connectivity index (χ4v) is 2.40. The minimum atomic E-state index is 0. The van der Waals surface area contributed by atoms with Gasteiger partial charge in [0.1, 0.15) is 0 Å². The first-order chi connectivity index (χ1) is 9.24. The van der Waals surface area contributed by atoms with E-state index in [0.29, 0.717) is 12.5 Å². The van der Waals surface area contributed by atoms with Crippen molar-refractivity contribution in [3.05, 3.63) is 57.8 Å². The highest BCUT2D eigenvalue weighted by Crippen LogP contribution is 2.08. The summed E-state index contributed by atoms with van der Waals surface area (Å²) in [7, 11) is 0. The Hall–Kier alpha value is -1.08. The highest BCUT2D eigenvalue weighted by atomic mass is 127. The maximum atomic E-state index is 5.83. The van der Waals surface area contributed by atoms with Gasteiger partial charge in [0.15, 0.2) is 5.96 Å². The molecule has 3 N–H and O–H groups in total. The highest BCUT2D eigenvalue weighted by molar-refractivity contribution is 14.0. The van der Waals surface area contributed by atoms with Crippen LogP contribution in [0.1, 0.15) is 16.0 Å². The Morgan fingerprint density at radius 1 is 1.25 bits per heavy atom. The van der Waals surface area contributed by atoms with Crippen molar-refractivity contribution in [2.24, 2.45) is 10.7 Å². The standard InChI is InChI=1S/C15H19N3S.HI/c1-12-4-6-13(7-5-12)11-18-15(16)17-9-8-14-3-2-10-19-14;/h2-7,10H,8-9,11H2,1H3,(H3,16,17,18);1H. The van der Waals surface area contributed by atoms with Crippen molar-refractivity contribution in [1.29, 1.82) is 0 Å². The highest BCUT2D eigenvalue weighted by Gasteiger charge is 1.96. The zero-order valence-electron chi connectivity index (χ0n) is 11.5. The van der Waals surface area contributed by atoms with Crippen LogP contribution in [0.4, 0.5) is 0 Å². The van der Waals surface area contributed by atoms with E-state index in [4.69, 9.17) is 5.73 Å². The van der Waals surface area contributed by atoms with Crippen molar-refractivity contribution >= 4 is 41.3 Å². The molecule has 0 aliphatic rings. The fraction of sp³-hybridized carbons (Fsp3) is 0.267. The van der Waals surface area contributed by atoms with Crippen molar-refractivity contribution in [2.45, 2.75) is 19.9 Å². The Morgan fingerprint density at radius 2 is 2.00 bits per heavy atom. The van der Waals surface area contributed by atoms with Crippen molar-refractivity contribution in [3.63, 3.8) is 0 Å². The summed E-state index contributed by atoms with van der Waals surface area (Å²) in [6.07, 6.45) is 0.985. The smallest absolute Gasteiger partial charge is 0.188 e. The first-order valence-corrected chi connectivity index (χ1v) is 7.24. The molecule has 0 unspecified atom stereocenters. The normalized spacial score (nSPS) is 10.9. The average Bonchev–Trinajstić information content (AvgIpc) is 2.91. The number of rotatable bonds is 5. The number of nitrogens with two attached hydrogens (primary N) is 1. The number of hydrogen-bond donors (Lipinski definition) is 2. The largest absolute Gasteiger partial charge is 0.370 e. The third-order valence-corrected chi connectivity index (χ3v) is 3.75. The van der Waals surface area contributed by atoms with Crippen LogP contribution in [0.15, 0.2) is 46.8 Å². The lowest BCUT2D eigenvalue weighted by atomic mass is 10.1. The molecule has 0 aliphatic heterocycles. The summed E-state index contributed by atoms with van der Waals surface area (Å²) in [5.74, 6) is 0.511. The molecule has 0 saturated carbocycles. The van der Waals surface area contributed by atoms with Crippen molar-refractivity contribution in [3.8, 4) is 0 Å². The summed E-state index contributed by atoms with van der Waals surface area (Å²) in [5, 5.41) is 5.22. The maximum absolute atomic E-state index is 5.83. The number of aryl methyl sites for hydroxylation is 1. The van der Waals surface area contributed by atoms with E-state index in [-0.39, 0.29) is 24.0 Å². The van der Waals surface area contributed by atoms with Crippen LogP contribution in [0.25, 0.3) is 0 Å². The van der Waals surface area contributed by atoms with Gasteiger partial charge >= 0.3 is 0 Å². The summed E-state index contributed by atoms with van der Waals surface area (Å²) >= 11 is 1.77. The Bertz CT molecular complexity index is 521. The molecule has 2 rings (SSSR count). The second-order valence-electron chi connectivity index (χ2n) is 4.44. The monoisotopic (exact) mass is 401 g/mol. The molecule has 108 valence electrons. The number of halogens is 1. The van der Waals surface area contributed by atoms with Gasteiger partial charge < -0.3 is 11.1 Å². The molecule has 3 nitrogen and oxygen atoms in total. The number of benzene rings is 1. The molecular formula is C15H20IN3S. The SMILES string of the molecule is Cc1ccc(CN=C(N)NCCc2cccs2)cc1.I. The number of thiophene rings is 1. The molecule has 0 radical (unpaired) electrons. The number of guanidine groups is 1. The van der Waals surface area contributed by atoms with Crippen LogP contribution >= 0.6 is 35.3 Å². The van der Waals surface area contributed by atoms with E-state index < -0.39 is 0 Å². The van der Waals surface area contributed by atoms with E-state index in [1.54, 1.807) is 11.3 Å². The van der Waals surface area contributed by atoms with E-state index in [0.717, 1.165) is 13.0 Å². The minimum Gasteiger partial charge on any atom is -0.370 e. The van der Waals surface area contributed by atoms with Gasteiger partial charge in [0.25, 0.3) is 0 Å². The van der Waals surface area contributed by atoms with Crippen LogP contribution in [0.2, 0.25) is 0 Å². The van der Waals surface area contributed by atoms with E-state index in [1.165, 1.54) is 16.0 Å². The zero-order chi connectivity index (χ0) is 13.5. The van der Waals surface area contributed by atoms with Gasteiger partial charge in [-0.25, -0.2) is 4.99 Å². The number of hydrogen-bond acceptors (Lipinski definition) is 2. The number of nitrogens with one attached hydrogen (secondary N) is 1. The second kappa shape index (κ2) is 8.97. The van der Waals surface area contributed by atoms with Crippen molar-refractivity contribution in [2.75, 3.05) is 6.54 Å². The summed E-state index contributed by atoms with van der Waals surface area (Å²) in [6, 6.07) is 12.5. The molecule has 0 amide bonds. The molecule has 20 heavy (non-hydrogen) atoms. The molecule has 1 aromatic heterocycles. The molecule has 1 aromatic carbocycles. The summed E-state index contributed by atoms with van der Waals surface area (Å²) in [5.41, 5.74) is 8.27. The Morgan fingerprint density at radius 3 is 2.65 bits per heavy atom. The van der Waals surface area contributed by atoms with Gasteiger partial charge in [0.2, 0.25) is 0 Å². The van der Waals surface area contributed by atoms with Crippen LogP contribution in [0, 0.1) is 6.92 Å². The van der Waals surface area contributed by atoms with Gasteiger partial charge in [-0.05, 0) is 30.4 Å². The van der Waals surface area contributed by atoms with E-state index >= 15 is 0 Å². The van der Waals surface area contributed by atoms with Gasteiger partial charge in [-0.2, -0.15) is 0 Å². The van der Waals surface area contributed by atoms with Gasteiger partial charge in [-0.1, -0.05) is 35.9 Å². The number of nitrogens with zero attached hydrogens (tertiary/aromatic N) is 1. The number of aliphatic imine (C=N–C) groups is 1. The lowest BCUT2D eigenvalue weighted by Crippen LogP contribution is -2.33. The van der Waals surface area contributed by atoms with Crippen molar-refractivity contribution in [1.82, 2.24) is 5.32 Å². The fourth-order valence-electron chi connectivity index (χ4n) is 1.69. The topological polar surface area (TPSA) is 50.4 Å². The first kappa shape index (κ1) is 17.0. The maximum Gasteiger partial charge on any atom is 0.188 e. The van der Waals surface area contributed by atoms with Crippen LogP contribution in [0.3, 0.4) is 0 Å². The summed E-state index contributed by atoms with van der Waals surface area (Å²) < 4.78 is 0.